The summed E-state index contributed by atoms with van der Waals surface area (Å²) in [5, 5.41) is 5.78. The first-order valence-corrected chi connectivity index (χ1v) is 9.25. The van der Waals surface area contributed by atoms with Gasteiger partial charge in [0.25, 0.3) is 0 Å². The van der Waals surface area contributed by atoms with Gasteiger partial charge in [0.15, 0.2) is 0 Å². The molecule has 144 valence electrons. The lowest BCUT2D eigenvalue weighted by molar-refractivity contribution is -0.120. The van der Waals surface area contributed by atoms with E-state index in [2.05, 4.69) is 10.6 Å². The minimum absolute atomic E-state index is 0.0137. The van der Waals surface area contributed by atoms with Gasteiger partial charge in [-0.2, -0.15) is 0 Å². The number of carbonyl (C=O) groups is 2. The number of aromatic nitrogens is 2. The van der Waals surface area contributed by atoms with Crippen LogP contribution in [0.1, 0.15) is 23.1 Å². The molecule has 0 spiro atoms. The van der Waals surface area contributed by atoms with E-state index < -0.39 is 0 Å². The molecular formula is C21H22N4O3. The summed E-state index contributed by atoms with van der Waals surface area (Å²) in [6.07, 6.45) is 1.48. The van der Waals surface area contributed by atoms with Crippen molar-refractivity contribution < 1.29 is 9.59 Å². The number of aryl methyl sites for hydroxylation is 3. The molecule has 1 aliphatic heterocycles. The van der Waals surface area contributed by atoms with E-state index in [1.807, 2.05) is 36.4 Å². The predicted molar refractivity (Wildman–Crippen MR) is 107 cm³/mol. The Hall–Kier alpha value is -3.35. The average molecular weight is 378 g/mol. The van der Waals surface area contributed by atoms with E-state index in [9.17, 15) is 14.4 Å². The van der Waals surface area contributed by atoms with Crippen LogP contribution in [-0.4, -0.2) is 20.9 Å². The Labute approximate surface area is 162 Å². The van der Waals surface area contributed by atoms with Crippen LogP contribution in [0, 0.1) is 0 Å². The first-order valence-electron chi connectivity index (χ1n) is 9.25. The number of amides is 2. The van der Waals surface area contributed by atoms with Gasteiger partial charge in [-0.15, -0.1) is 0 Å². The smallest absolute Gasteiger partial charge is 0.328 e. The molecule has 0 saturated carbocycles. The van der Waals surface area contributed by atoms with Gasteiger partial charge in [-0.3, -0.25) is 18.7 Å². The maximum Gasteiger partial charge on any atom is 0.328 e. The Balaban J connectivity index is 1.43. The van der Waals surface area contributed by atoms with Crippen molar-refractivity contribution in [3.8, 4) is 0 Å². The Kier molecular flexibility index (Phi) is 4.50. The van der Waals surface area contributed by atoms with Gasteiger partial charge in [0.05, 0.1) is 17.5 Å². The lowest BCUT2D eigenvalue weighted by Crippen LogP contribution is -2.25. The largest absolute Gasteiger partial charge is 0.352 e. The number of hydrogen-bond donors (Lipinski definition) is 2. The van der Waals surface area contributed by atoms with E-state index in [0.717, 1.165) is 39.8 Å². The molecule has 0 atom stereocenters. The number of hydrogen-bond acceptors (Lipinski definition) is 3. The van der Waals surface area contributed by atoms with Gasteiger partial charge in [0, 0.05) is 32.7 Å². The van der Waals surface area contributed by atoms with E-state index in [1.165, 1.54) is 0 Å². The number of imidazole rings is 1. The third-order valence-corrected chi connectivity index (χ3v) is 5.26. The van der Waals surface area contributed by atoms with Gasteiger partial charge >= 0.3 is 5.69 Å². The highest BCUT2D eigenvalue weighted by Crippen LogP contribution is 2.24. The molecule has 0 fully saturated rings. The zero-order valence-electron chi connectivity index (χ0n) is 15.9. The fourth-order valence-electron chi connectivity index (χ4n) is 3.64. The number of benzene rings is 2. The Morgan fingerprint density at radius 3 is 2.57 bits per heavy atom. The van der Waals surface area contributed by atoms with Gasteiger partial charge in [-0.05, 0) is 41.3 Å². The zero-order chi connectivity index (χ0) is 19.8. The van der Waals surface area contributed by atoms with Gasteiger partial charge in [0.1, 0.15) is 0 Å². The standard InChI is InChI=1S/C21H22N4O3/c1-24-17-7-4-14(10-18(17)25(2)21(24)28)12-22-20(27)11-13-3-5-15-6-8-19(26)23-16(15)9-13/h3-5,7,9-10H,6,8,11-12H2,1-2H3,(H,22,27)(H,23,26). The Morgan fingerprint density at radius 1 is 1.00 bits per heavy atom. The lowest BCUT2D eigenvalue weighted by atomic mass is 9.99. The van der Waals surface area contributed by atoms with Crippen LogP contribution in [0.2, 0.25) is 0 Å². The van der Waals surface area contributed by atoms with Crippen molar-refractivity contribution in [1.29, 1.82) is 0 Å². The highest BCUT2D eigenvalue weighted by atomic mass is 16.2. The fraction of sp³-hybridized carbons (Fsp3) is 0.286. The Morgan fingerprint density at radius 2 is 1.75 bits per heavy atom. The summed E-state index contributed by atoms with van der Waals surface area (Å²) in [6, 6.07) is 11.5. The second kappa shape index (κ2) is 6.99. The zero-order valence-corrected chi connectivity index (χ0v) is 15.9. The third-order valence-electron chi connectivity index (χ3n) is 5.26. The van der Waals surface area contributed by atoms with Crippen molar-refractivity contribution in [3.63, 3.8) is 0 Å². The lowest BCUT2D eigenvalue weighted by Gasteiger charge is -2.17. The fourth-order valence-corrected chi connectivity index (χ4v) is 3.64. The summed E-state index contributed by atoms with van der Waals surface area (Å²) in [6.45, 7) is 0.388. The van der Waals surface area contributed by atoms with Crippen molar-refractivity contribution >= 4 is 28.5 Å². The molecule has 2 aromatic carbocycles. The van der Waals surface area contributed by atoms with Crippen LogP contribution >= 0.6 is 0 Å². The SMILES string of the molecule is Cn1c(=O)n(C)c2cc(CNC(=O)Cc3ccc4c(c3)NC(=O)CC4)ccc21. The highest BCUT2D eigenvalue weighted by molar-refractivity contribution is 5.94. The Bertz CT molecular complexity index is 1160. The molecule has 7 heteroatoms. The van der Waals surface area contributed by atoms with Gasteiger partial charge < -0.3 is 10.6 Å². The number of nitrogens with zero attached hydrogens (tertiary/aromatic N) is 2. The predicted octanol–water partition coefficient (Wildman–Crippen LogP) is 1.62. The molecule has 3 aromatic rings. The molecular weight excluding hydrogens is 356 g/mol. The van der Waals surface area contributed by atoms with Gasteiger partial charge in [-0.1, -0.05) is 18.2 Å². The van der Waals surface area contributed by atoms with Crippen molar-refractivity contribution in [1.82, 2.24) is 14.5 Å². The molecule has 0 bridgehead atoms. The summed E-state index contributed by atoms with van der Waals surface area (Å²) in [5.74, 6) is -0.0797. The molecule has 0 unspecified atom stereocenters. The molecule has 28 heavy (non-hydrogen) atoms. The minimum Gasteiger partial charge on any atom is -0.352 e. The maximum absolute atomic E-state index is 12.3. The number of rotatable bonds is 4. The molecule has 0 radical (unpaired) electrons. The summed E-state index contributed by atoms with van der Waals surface area (Å²) in [7, 11) is 3.48. The normalized spacial score (nSPS) is 13.3. The van der Waals surface area contributed by atoms with Crippen molar-refractivity contribution in [2.75, 3.05) is 5.32 Å². The molecule has 7 nitrogen and oxygen atoms in total. The maximum atomic E-state index is 12.3. The number of carbonyl (C=O) groups excluding carboxylic acids is 2. The molecule has 2 N–H and O–H groups in total. The highest BCUT2D eigenvalue weighted by Gasteiger charge is 2.15. The van der Waals surface area contributed by atoms with Gasteiger partial charge in [0.2, 0.25) is 11.8 Å². The average Bonchev–Trinajstić information content (AvgIpc) is 2.90. The van der Waals surface area contributed by atoms with E-state index in [-0.39, 0.29) is 23.9 Å². The molecule has 4 rings (SSSR count). The molecule has 2 heterocycles. The van der Waals surface area contributed by atoms with E-state index in [1.54, 1.807) is 23.2 Å². The van der Waals surface area contributed by atoms with Crippen LogP contribution in [0.25, 0.3) is 11.0 Å². The van der Waals surface area contributed by atoms with Gasteiger partial charge in [-0.25, -0.2) is 4.79 Å². The van der Waals surface area contributed by atoms with E-state index >= 15 is 0 Å². The van der Waals surface area contributed by atoms with Crippen LogP contribution in [0.5, 0.6) is 0 Å². The summed E-state index contributed by atoms with van der Waals surface area (Å²) < 4.78 is 3.20. The van der Waals surface area contributed by atoms with E-state index in [0.29, 0.717) is 13.0 Å². The topological polar surface area (TPSA) is 85.1 Å². The number of fused-ring (bicyclic) bond motifs is 2. The molecule has 2 amide bonds. The van der Waals surface area contributed by atoms with E-state index in [4.69, 9.17) is 0 Å². The summed E-state index contributed by atoms with van der Waals surface area (Å²) in [4.78, 5) is 35.9. The van der Waals surface area contributed by atoms with Crippen LogP contribution in [0.15, 0.2) is 41.2 Å². The second-order valence-electron chi connectivity index (χ2n) is 7.22. The molecule has 0 aliphatic carbocycles. The van der Waals surface area contributed by atoms with Crippen LogP contribution in [-0.2, 0) is 43.1 Å². The molecule has 1 aromatic heterocycles. The quantitative estimate of drug-likeness (QED) is 0.724. The number of nitrogens with one attached hydrogen (secondary N) is 2. The molecule has 1 aliphatic rings. The van der Waals surface area contributed by atoms with Crippen LogP contribution < -0.4 is 16.3 Å². The van der Waals surface area contributed by atoms with Crippen LogP contribution in [0.4, 0.5) is 5.69 Å². The number of anilines is 1. The monoisotopic (exact) mass is 378 g/mol. The van der Waals surface area contributed by atoms with Crippen molar-refractivity contribution in [3.05, 3.63) is 63.6 Å². The third kappa shape index (κ3) is 3.31. The van der Waals surface area contributed by atoms with Crippen molar-refractivity contribution in [2.45, 2.75) is 25.8 Å². The summed E-state index contributed by atoms with van der Waals surface area (Å²) in [5.41, 5.74) is 5.32. The molecule has 0 saturated heterocycles. The minimum atomic E-state index is -0.0934. The van der Waals surface area contributed by atoms with Crippen molar-refractivity contribution in [2.24, 2.45) is 14.1 Å². The first kappa shape index (κ1) is 18.0. The summed E-state index contributed by atoms with van der Waals surface area (Å²) >= 11 is 0. The second-order valence-corrected chi connectivity index (χ2v) is 7.22. The van der Waals surface area contributed by atoms with Crippen LogP contribution in [0.3, 0.4) is 0 Å². The first-order chi connectivity index (χ1) is 13.4.